The molecule has 0 spiro atoms. The highest BCUT2D eigenvalue weighted by atomic mass is 32.2. The van der Waals surface area contributed by atoms with Gasteiger partial charge >= 0.3 is 0 Å². The molecular weight excluding hydrogens is 248 g/mol. The Kier molecular flexibility index (Phi) is 5.08. The number of ketones is 1. The summed E-state index contributed by atoms with van der Waals surface area (Å²) in [6, 6.07) is 5.71. The minimum Gasteiger partial charge on any atom is -0.294 e. The van der Waals surface area contributed by atoms with Crippen LogP contribution in [0.2, 0.25) is 0 Å². The Labute approximate surface area is 109 Å². The maximum atomic E-state index is 11.9. The molecule has 0 radical (unpaired) electrons. The first kappa shape index (κ1) is 14.9. The molecule has 3 nitrogen and oxygen atoms in total. The monoisotopic (exact) mass is 268 g/mol. The van der Waals surface area contributed by atoms with Gasteiger partial charge in [-0.1, -0.05) is 24.1 Å². The third-order valence-electron chi connectivity index (χ3n) is 2.84. The maximum Gasteiger partial charge on any atom is 0.162 e. The third kappa shape index (κ3) is 4.61. The van der Waals surface area contributed by atoms with E-state index in [1.54, 1.807) is 6.92 Å². The lowest BCUT2D eigenvalue weighted by Gasteiger charge is -2.04. The van der Waals surface area contributed by atoms with Crippen LogP contribution < -0.4 is 0 Å². The Morgan fingerprint density at radius 1 is 1.11 bits per heavy atom. The molecule has 0 aliphatic heterocycles. The van der Waals surface area contributed by atoms with Crippen molar-refractivity contribution in [1.82, 2.24) is 0 Å². The van der Waals surface area contributed by atoms with Crippen LogP contribution >= 0.6 is 0 Å². The molecule has 0 aliphatic carbocycles. The molecule has 0 heterocycles. The lowest BCUT2D eigenvalue weighted by Crippen LogP contribution is -2.10. The lowest BCUT2D eigenvalue weighted by molar-refractivity contribution is 0.0982. The Bertz CT molecular complexity index is 510. The van der Waals surface area contributed by atoms with Gasteiger partial charge in [-0.05, 0) is 32.4 Å². The van der Waals surface area contributed by atoms with Gasteiger partial charge in [-0.25, -0.2) is 8.42 Å². The number of aryl methyl sites for hydroxylation is 2. The summed E-state index contributed by atoms with van der Waals surface area (Å²) in [4.78, 5) is 11.9. The minimum absolute atomic E-state index is 0.0214. The van der Waals surface area contributed by atoms with Crippen molar-refractivity contribution in [3.63, 3.8) is 0 Å². The van der Waals surface area contributed by atoms with Gasteiger partial charge in [0.1, 0.15) is 9.84 Å². The first-order valence-electron chi connectivity index (χ1n) is 6.16. The van der Waals surface area contributed by atoms with Gasteiger partial charge in [0.25, 0.3) is 0 Å². The molecule has 0 aliphatic rings. The number of hydrogen-bond donors (Lipinski definition) is 0. The summed E-state index contributed by atoms with van der Waals surface area (Å²) >= 11 is 0. The van der Waals surface area contributed by atoms with Crippen LogP contribution in [0.5, 0.6) is 0 Å². The molecule has 100 valence electrons. The Hall–Kier alpha value is -1.16. The molecular formula is C14H20O3S. The third-order valence-corrected chi connectivity index (χ3v) is 4.63. The fourth-order valence-corrected chi connectivity index (χ4v) is 2.75. The molecule has 18 heavy (non-hydrogen) atoms. The van der Waals surface area contributed by atoms with Crippen LogP contribution in [0.3, 0.4) is 0 Å². The van der Waals surface area contributed by atoms with E-state index in [1.165, 1.54) is 0 Å². The summed E-state index contributed by atoms with van der Waals surface area (Å²) in [5.74, 6) is 0.262. The zero-order valence-corrected chi connectivity index (χ0v) is 12.0. The largest absolute Gasteiger partial charge is 0.294 e. The predicted octanol–water partition coefficient (Wildman–Crippen LogP) is 2.70. The van der Waals surface area contributed by atoms with E-state index in [-0.39, 0.29) is 17.3 Å². The molecule has 0 fully saturated rings. The molecule has 1 aromatic carbocycles. The summed E-state index contributed by atoms with van der Waals surface area (Å²) in [6.07, 6.45) is 0.699. The number of carbonyl (C=O) groups is 1. The molecule has 1 rings (SSSR count). The van der Waals surface area contributed by atoms with E-state index in [2.05, 4.69) is 0 Å². The van der Waals surface area contributed by atoms with Gasteiger partial charge in [0.15, 0.2) is 5.78 Å². The van der Waals surface area contributed by atoms with Gasteiger partial charge in [0, 0.05) is 17.7 Å². The van der Waals surface area contributed by atoms with E-state index in [1.807, 2.05) is 32.0 Å². The molecule has 1 aromatic rings. The molecule has 0 saturated heterocycles. The average molecular weight is 268 g/mol. The number of hydrogen-bond acceptors (Lipinski definition) is 3. The smallest absolute Gasteiger partial charge is 0.162 e. The Morgan fingerprint density at radius 3 is 2.17 bits per heavy atom. The predicted molar refractivity (Wildman–Crippen MR) is 73.8 cm³/mol. The molecule has 0 aromatic heterocycles. The summed E-state index contributed by atoms with van der Waals surface area (Å²) in [6.45, 7) is 5.53. The van der Waals surface area contributed by atoms with Gasteiger partial charge in [0.2, 0.25) is 0 Å². The van der Waals surface area contributed by atoms with E-state index in [9.17, 15) is 13.2 Å². The van der Waals surface area contributed by atoms with Crippen molar-refractivity contribution in [3.8, 4) is 0 Å². The first-order valence-corrected chi connectivity index (χ1v) is 7.98. The van der Waals surface area contributed by atoms with Gasteiger partial charge in [-0.2, -0.15) is 0 Å². The number of rotatable bonds is 6. The number of Topliss-reactive ketones (excluding diaryl/α,β-unsaturated/α-hetero) is 1. The second-order valence-corrected chi connectivity index (χ2v) is 7.11. The molecule has 0 atom stereocenters. The molecule has 0 bridgehead atoms. The van der Waals surface area contributed by atoms with E-state index in [4.69, 9.17) is 0 Å². The average Bonchev–Trinajstić information content (AvgIpc) is 2.27. The van der Waals surface area contributed by atoms with Crippen molar-refractivity contribution in [2.45, 2.75) is 33.6 Å². The Balaban J connectivity index is 2.61. The molecule has 4 heteroatoms. The van der Waals surface area contributed by atoms with Crippen LogP contribution in [0.1, 0.15) is 41.3 Å². The highest BCUT2D eigenvalue weighted by molar-refractivity contribution is 7.91. The Morgan fingerprint density at radius 2 is 1.67 bits per heavy atom. The van der Waals surface area contributed by atoms with Crippen molar-refractivity contribution in [2.75, 3.05) is 11.5 Å². The van der Waals surface area contributed by atoms with Gasteiger partial charge < -0.3 is 0 Å². The summed E-state index contributed by atoms with van der Waals surface area (Å²) in [5.41, 5.74) is 2.79. The fraction of sp³-hybridized carbons (Fsp3) is 0.500. The fourth-order valence-electron chi connectivity index (χ4n) is 1.88. The van der Waals surface area contributed by atoms with Crippen molar-refractivity contribution in [2.24, 2.45) is 0 Å². The minimum atomic E-state index is -2.97. The molecule has 0 unspecified atom stereocenters. The lowest BCUT2D eigenvalue weighted by atomic mass is 10.0. The zero-order valence-electron chi connectivity index (χ0n) is 11.2. The zero-order chi connectivity index (χ0) is 13.8. The van der Waals surface area contributed by atoms with E-state index in [0.29, 0.717) is 18.4 Å². The molecule has 0 saturated carbocycles. The second kappa shape index (κ2) is 6.14. The number of carbonyl (C=O) groups excluding carboxylic acids is 1. The van der Waals surface area contributed by atoms with Crippen molar-refractivity contribution in [3.05, 3.63) is 34.9 Å². The van der Waals surface area contributed by atoms with E-state index < -0.39 is 9.84 Å². The molecule has 0 amide bonds. The van der Waals surface area contributed by atoms with E-state index in [0.717, 1.165) is 11.1 Å². The molecule has 0 N–H and O–H groups in total. The standard InChI is InChI=1S/C14H20O3S/c1-4-18(16,17)7-5-6-14(15)13-9-11(2)8-12(3)10-13/h8-10H,4-7H2,1-3H3. The van der Waals surface area contributed by atoms with Gasteiger partial charge in [-0.3, -0.25) is 4.79 Å². The van der Waals surface area contributed by atoms with Crippen LogP contribution in [0, 0.1) is 13.8 Å². The summed E-state index contributed by atoms with van der Waals surface area (Å²) in [7, 11) is -2.97. The second-order valence-electron chi connectivity index (χ2n) is 4.64. The van der Waals surface area contributed by atoms with Crippen LogP contribution in [-0.2, 0) is 9.84 Å². The van der Waals surface area contributed by atoms with E-state index >= 15 is 0 Å². The van der Waals surface area contributed by atoms with Crippen LogP contribution in [-0.4, -0.2) is 25.7 Å². The SMILES string of the molecule is CCS(=O)(=O)CCCC(=O)c1cc(C)cc(C)c1. The highest BCUT2D eigenvalue weighted by Gasteiger charge is 2.11. The van der Waals surface area contributed by atoms with Gasteiger partial charge in [-0.15, -0.1) is 0 Å². The summed E-state index contributed by atoms with van der Waals surface area (Å²) < 4.78 is 22.6. The van der Waals surface area contributed by atoms with Crippen LogP contribution in [0.4, 0.5) is 0 Å². The first-order chi connectivity index (χ1) is 8.34. The maximum absolute atomic E-state index is 11.9. The van der Waals surface area contributed by atoms with Crippen molar-refractivity contribution < 1.29 is 13.2 Å². The number of sulfone groups is 1. The summed E-state index contributed by atoms with van der Waals surface area (Å²) in [5, 5.41) is 0. The quantitative estimate of drug-likeness (QED) is 0.745. The van der Waals surface area contributed by atoms with Crippen molar-refractivity contribution in [1.29, 1.82) is 0 Å². The van der Waals surface area contributed by atoms with Crippen LogP contribution in [0.15, 0.2) is 18.2 Å². The number of benzene rings is 1. The highest BCUT2D eigenvalue weighted by Crippen LogP contribution is 2.12. The van der Waals surface area contributed by atoms with Gasteiger partial charge in [0.05, 0.1) is 5.75 Å². The normalized spacial score (nSPS) is 11.5. The van der Waals surface area contributed by atoms with Crippen molar-refractivity contribution >= 4 is 15.6 Å². The van der Waals surface area contributed by atoms with Crippen LogP contribution in [0.25, 0.3) is 0 Å². The topological polar surface area (TPSA) is 51.2 Å².